The number of amides is 1. The number of rotatable bonds is 9. The predicted octanol–water partition coefficient (Wildman–Crippen LogP) is 0.200. The number of carbonyl (C=O) groups is 2. The van der Waals surface area contributed by atoms with E-state index in [1.807, 2.05) is 10.6 Å². The minimum atomic E-state index is -4.19. The zero-order valence-corrected chi connectivity index (χ0v) is 18.1. The highest BCUT2D eigenvalue weighted by Gasteiger charge is 2.22. The van der Waals surface area contributed by atoms with Gasteiger partial charge in [0.2, 0.25) is 6.33 Å². The van der Waals surface area contributed by atoms with Crippen molar-refractivity contribution < 1.29 is 27.7 Å². The Balaban J connectivity index is 1.76. The fraction of sp³-hybridized carbons (Fsp3) is 0.167. The third-order valence-corrected chi connectivity index (χ3v) is 6.37. The number of nitrogens with zero attached hydrogens (tertiary/aromatic N) is 4. The summed E-state index contributed by atoms with van der Waals surface area (Å²) in [5.74, 6) is -1.79. The molecule has 0 bridgehead atoms. The first-order valence-electron chi connectivity index (χ1n) is 9.02. The number of aromatic carboxylic acids is 1. The normalized spacial score (nSPS) is 11.0. The number of nitrogens with two attached hydrogens (primary N) is 1. The molecule has 3 rings (SSSR count). The van der Waals surface area contributed by atoms with E-state index in [0.29, 0.717) is 13.1 Å². The molecule has 0 saturated heterocycles. The van der Waals surface area contributed by atoms with Crippen LogP contribution in [0.1, 0.15) is 16.1 Å². The molecular weight excluding hydrogens is 458 g/mol. The van der Waals surface area contributed by atoms with Crippen LogP contribution in [0.3, 0.4) is 0 Å². The molecular formula is C18H18N7O5S2+. The van der Waals surface area contributed by atoms with Gasteiger partial charge in [0.05, 0.1) is 21.7 Å². The molecule has 0 aliphatic rings. The van der Waals surface area contributed by atoms with Crippen LogP contribution in [0.25, 0.3) is 0 Å². The summed E-state index contributed by atoms with van der Waals surface area (Å²) >= 11 is 0.811. The SMILES string of the molecule is N#Cc1cc(S(=O)(=O)Nc2scnc2C(=O)O)ccc1NC(=O)C[n+]1ccn(CCN)c1. The molecule has 0 aliphatic carbocycles. The number of hydrogen-bond donors (Lipinski definition) is 4. The number of nitrogens with one attached hydrogen (secondary N) is 2. The number of sulfonamides is 1. The van der Waals surface area contributed by atoms with Gasteiger partial charge in [0.1, 0.15) is 30.0 Å². The Kier molecular flexibility index (Phi) is 6.83. The first-order chi connectivity index (χ1) is 15.2. The highest BCUT2D eigenvalue weighted by Crippen LogP contribution is 2.26. The van der Waals surface area contributed by atoms with E-state index in [-0.39, 0.29) is 27.7 Å². The highest BCUT2D eigenvalue weighted by atomic mass is 32.2. The third-order valence-electron chi connectivity index (χ3n) is 4.15. The van der Waals surface area contributed by atoms with Crippen LogP contribution in [0.5, 0.6) is 0 Å². The zero-order valence-electron chi connectivity index (χ0n) is 16.4. The van der Waals surface area contributed by atoms with Gasteiger partial charge in [0, 0.05) is 6.54 Å². The number of aromatic nitrogens is 3. The number of nitriles is 1. The summed E-state index contributed by atoms with van der Waals surface area (Å²) in [6, 6.07) is 5.43. The van der Waals surface area contributed by atoms with Crippen molar-refractivity contribution in [2.45, 2.75) is 18.0 Å². The molecule has 2 aromatic heterocycles. The van der Waals surface area contributed by atoms with E-state index in [1.165, 1.54) is 17.6 Å². The lowest BCUT2D eigenvalue weighted by atomic mass is 10.2. The van der Waals surface area contributed by atoms with E-state index in [0.717, 1.165) is 17.4 Å². The van der Waals surface area contributed by atoms with Crippen LogP contribution in [-0.4, -0.2) is 41.5 Å². The Morgan fingerprint density at radius 3 is 2.84 bits per heavy atom. The van der Waals surface area contributed by atoms with Crippen molar-refractivity contribution in [2.24, 2.45) is 5.73 Å². The van der Waals surface area contributed by atoms with Crippen molar-refractivity contribution in [3.05, 3.63) is 53.7 Å². The molecule has 0 radical (unpaired) electrons. The van der Waals surface area contributed by atoms with E-state index in [9.17, 15) is 23.3 Å². The molecule has 2 heterocycles. The lowest BCUT2D eigenvalue weighted by molar-refractivity contribution is -0.683. The average molecular weight is 477 g/mol. The molecule has 1 aromatic carbocycles. The standard InChI is InChI=1S/C18H17N7O5S2/c19-3-4-24-5-6-25(11-24)9-15(26)22-14-2-1-13(7-12(14)8-20)32(29,30)23-17-16(18(27)28)21-10-31-17/h1-2,5-7,10-11,23H,3-4,9,19H2,(H-,22,26,27,28)/p+1. The van der Waals surface area contributed by atoms with E-state index >= 15 is 0 Å². The second kappa shape index (κ2) is 9.56. The van der Waals surface area contributed by atoms with Gasteiger partial charge in [-0.2, -0.15) is 5.26 Å². The molecule has 32 heavy (non-hydrogen) atoms. The second-order valence-corrected chi connectivity index (χ2v) is 8.96. The summed E-state index contributed by atoms with van der Waals surface area (Å²) in [5, 5.41) is 20.9. The lowest BCUT2D eigenvalue weighted by Gasteiger charge is -2.10. The summed E-state index contributed by atoms with van der Waals surface area (Å²) < 4.78 is 30.9. The van der Waals surface area contributed by atoms with Crippen LogP contribution in [-0.2, 0) is 27.9 Å². The quantitative estimate of drug-likeness (QED) is 0.316. The van der Waals surface area contributed by atoms with Gasteiger partial charge in [-0.05, 0) is 18.2 Å². The van der Waals surface area contributed by atoms with E-state index < -0.39 is 27.6 Å². The van der Waals surface area contributed by atoms with Crippen molar-refractivity contribution in [1.82, 2.24) is 9.55 Å². The molecule has 1 amide bonds. The minimum Gasteiger partial charge on any atom is -0.476 e. The molecule has 0 aliphatic heterocycles. The molecule has 0 fully saturated rings. The molecule has 12 nitrogen and oxygen atoms in total. The molecule has 0 atom stereocenters. The molecule has 166 valence electrons. The summed E-state index contributed by atoms with van der Waals surface area (Å²) in [6.07, 6.45) is 5.18. The number of thiazole rings is 1. The molecule has 0 saturated carbocycles. The smallest absolute Gasteiger partial charge is 0.357 e. The van der Waals surface area contributed by atoms with Gasteiger partial charge < -0.3 is 16.2 Å². The Labute approximate surface area is 186 Å². The highest BCUT2D eigenvalue weighted by molar-refractivity contribution is 7.93. The Morgan fingerprint density at radius 1 is 1.38 bits per heavy atom. The van der Waals surface area contributed by atoms with Crippen molar-refractivity contribution in [3.63, 3.8) is 0 Å². The van der Waals surface area contributed by atoms with E-state index in [4.69, 9.17) is 10.8 Å². The second-order valence-electron chi connectivity index (χ2n) is 6.42. The molecule has 14 heteroatoms. The maximum absolute atomic E-state index is 12.6. The van der Waals surface area contributed by atoms with Crippen molar-refractivity contribution in [3.8, 4) is 6.07 Å². The van der Waals surface area contributed by atoms with Crippen molar-refractivity contribution >= 4 is 43.9 Å². The molecule has 0 spiro atoms. The number of hydrogen-bond acceptors (Lipinski definition) is 8. The van der Waals surface area contributed by atoms with Gasteiger partial charge in [-0.1, -0.05) is 0 Å². The van der Waals surface area contributed by atoms with Gasteiger partial charge in [-0.3, -0.25) is 9.52 Å². The summed E-state index contributed by atoms with van der Waals surface area (Å²) in [7, 11) is -4.19. The fourth-order valence-electron chi connectivity index (χ4n) is 2.71. The van der Waals surface area contributed by atoms with Crippen LogP contribution in [0.15, 0.2) is 47.3 Å². The Hall–Kier alpha value is -3.80. The maximum atomic E-state index is 12.6. The predicted molar refractivity (Wildman–Crippen MR) is 113 cm³/mol. The maximum Gasteiger partial charge on any atom is 0.357 e. The van der Waals surface area contributed by atoms with Crippen LogP contribution < -0.4 is 20.3 Å². The fourth-order valence-corrected chi connectivity index (χ4v) is 4.73. The number of carboxylic acids is 1. The third kappa shape index (κ3) is 5.27. The van der Waals surface area contributed by atoms with Crippen LogP contribution in [0.2, 0.25) is 0 Å². The number of anilines is 2. The van der Waals surface area contributed by atoms with E-state index in [2.05, 4.69) is 15.0 Å². The first kappa shape index (κ1) is 22.9. The number of carbonyl (C=O) groups excluding carboxylic acids is 1. The van der Waals surface area contributed by atoms with Crippen LogP contribution in [0.4, 0.5) is 10.7 Å². The summed E-state index contributed by atoms with van der Waals surface area (Å²) in [6.45, 7) is 1.04. The van der Waals surface area contributed by atoms with Gasteiger partial charge in [0.25, 0.3) is 15.9 Å². The molecule has 0 unspecified atom stereocenters. The van der Waals surface area contributed by atoms with Crippen LogP contribution >= 0.6 is 11.3 Å². The van der Waals surface area contributed by atoms with Gasteiger partial charge in [-0.15, -0.1) is 11.3 Å². The van der Waals surface area contributed by atoms with Gasteiger partial charge in [0.15, 0.2) is 12.2 Å². The van der Waals surface area contributed by atoms with Gasteiger partial charge in [-0.25, -0.2) is 27.3 Å². The monoisotopic (exact) mass is 476 g/mol. The Bertz CT molecular complexity index is 1310. The van der Waals surface area contributed by atoms with Crippen molar-refractivity contribution in [2.75, 3.05) is 16.6 Å². The largest absolute Gasteiger partial charge is 0.476 e. The topological polar surface area (TPSA) is 184 Å². The first-order valence-corrected chi connectivity index (χ1v) is 11.4. The summed E-state index contributed by atoms with van der Waals surface area (Å²) in [4.78, 5) is 26.8. The molecule has 3 aromatic rings. The van der Waals surface area contributed by atoms with Crippen molar-refractivity contribution in [1.29, 1.82) is 5.26 Å². The zero-order chi connectivity index (χ0) is 23.3. The summed E-state index contributed by atoms with van der Waals surface area (Å²) in [5.41, 5.74) is 6.32. The lowest BCUT2D eigenvalue weighted by Crippen LogP contribution is -2.38. The number of imidazole rings is 1. The van der Waals surface area contributed by atoms with E-state index in [1.54, 1.807) is 23.3 Å². The number of carboxylic acid groups (broad SMARTS) is 1. The molecule has 5 N–H and O–H groups in total. The Morgan fingerprint density at radius 2 is 2.16 bits per heavy atom. The number of benzene rings is 1. The minimum absolute atomic E-state index is 0.0204. The van der Waals surface area contributed by atoms with Gasteiger partial charge >= 0.3 is 5.97 Å². The average Bonchev–Trinajstić information content (AvgIpc) is 3.37. The van der Waals surface area contributed by atoms with Crippen LogP contribution in [0, 0.1) is 11.3 Å².